The fourth-order valence-corrected chi connectivity index (χ4v) is 1.60. The van der Waals surface area contributed by atoms with Crippen molar-refractivity contribution < 1.29 is 14.6 Å². The number of methoxy groups -OCH3 is 1. The number of carbonyl (C=O) groups is 1. The number of hydrogen-bond donors (Lipinski definition) is 1. The Bertz CT molecular complexity index is 367. The lowest BCUT2D eigenvalue weighted by molar-refractivity contribution is 0.0695. The lowest BCUT2D eigenvalue weighted by Crippen LogP contribution is -2.02. The second kappa shape index (κ2) is 3.33. The Morgan fingerprint density at radius 3 is 2.71 bits per heavy atom. The van der Waals surface area contributed by atoms with Crippen molar-refractivity contribution in [1.82, 2.24) is 0 Å². The molecular formula is C11H12O3. The molecule has 1 saturated carbocycles. The van der Waals surface area contributed by atoms with E-state index in [9.17, 15) is 4.79 Å². The second-order valence-corrected chi connectivity index (χ2v) is 3.53. The lowest BCUT2D eigenvalue weighted by atomic mass is 10.0. The fourth-order valence-electron chi connectivity index (χ4n) is 1.60. The third-order valence-corrected chi connectivity index (χ3v) is 2.51. The number of carboxylic acids is 1. The lowest BCUT2D eigenvalue weighted by Gasteiger charge is -2.06. The van der Waals surface area contributed by atoms with Crippen LogP contribution in [0.3, 0.4) is 0 Å². The van der Waals surface area contributed by atoms with Gasteiger partial charge in [0.15, 0.2) is 0 Å². The normalized spacial score (nSPS) is 15.2. The summed E-state index contributed by atoms with van der Waals surface area (Å²) in [7, 11) is 1.54. The zero-order valence-electron chi connectivity index (χ0n) is 7.99. The van der Waals surface area contributed by atoms with Crippen LogP contribution in [0.25, 0.3) is 0 Å². The molecular weight excluding hydrogens is 180 g/mol. The van der Waals surface area contributed by atoms with Crippen LogP contribution in [-0.2, 0) is 0 Å². The van der Waals surface area contributed by atoms with Gasteiger partial charge in [0.1, 0.15) is 5.75 Å². The third kappa shape index (κ3) is 1.58. The molecule has 3 heteroatoms. The molecule has 0 aliphatic heterocycles. The molecule has 0 aromatic heterocycles. The molecule has 74 valence electrons. The number of carboxylic acid groups (broad SMARTS) is 1. The molecule has 0 saturated heterocycles. The SMILES string of the molecule is COc1ccc(C2CC2)c(C(=O)O)c1. The summed E-state index contributed by atoms with van der Waals surface area (Å²) in [6.45, 7) is 0. The van der Waals surface area contributed by atoms with Gasteiger partial charge in [-0.1, -0.05) is 6.07 Å². The maximum absolute atomic E-state index is 11.0. The second-order valence-electron chi connectivity index (χ2n) is 3.53. The molecule has 3 nitrogen and oxygen atoms in total. The van der Waals surface area contributed by atoms with Crippen LogP contribution in [0.5, 0.6) is 5.75 Å². The van der Waals surface area contributed by atoms with Crippen molar-refractivity contribution in [2.24, 2.45) is 0 Å². The summed E-state index contributed by atoms with van der Waals surface area (Å²) in [6, 6.07) is 5.27. The molecule has 1 aromatic rings. The van der Waals surface area contributed by atoms with Crippen molar-refractivity contribution in [3.8, 4) is 5.75 Å². The minimum atomic E-state index is -0.870. The first-order valence-corrected chi connectivity index (χ1v) is 4.63. The van der Waals surface area contributed by atoms with E-state index in [-0.39, 0.29) is 0 Å². The van der Waals surface area contributed by atoms with Crippen LogP contribution in [0.4, 0.5) is 0 Å². The van der Waals surface area contributed by atoms with Crippen molar-refractivity contribution in [3.05, 3.63) is 29.3 Å². The third-order valence-electron chi connectivity index (χ3n) is 2.51. The van der Waals surface area contributed by atoms with Gasteiger partial charge in [-0.05, 0) is 36.5 Å². The molecule has 0 radical (unpaired) electrons. The molecule has 14 heavy (non-hydrogen) atoms. The highest BCUT2D eigenvalue weighted by Crippen LogP contribution is 2.42. The Labute approximate surface area is 82.3 Å². The van der Waals surface area contributed by atoms with Crippen molar-refractivity contribution in [2.45, 2.75) is 18.8 Å². The maximum atomic E-state index is 11.0. The van der Waals surface area contributed by atoms with E-state index >= 15 is 0 Å². The smallest absolute Gasteiger partial charge is 0.336 e. The Morgan fingerprint density at radius 1 is 1.50 bits per heavy atom. The average Bonchev–Trinajstić information content (AvgIpc) is 3.00. The first-order valence-electron chi connectivity index (χ1n) is 4.63. The summed E-state index contributed by atoms with van der Waals surface area (Å²) >= 11 is 0. The van der Waals surface area contributed by atoms with E-state index in [1.54, 1.807) is 6.07 Å². The predicted octanol–water partition coefficient (Wildman–Crippen LogP) is 2.27. The minimum absolute atomic E-state index is 0.381. The maximum Gasteiger partial charge on any atom is 0.336 e. The largest absolute Gasteiger partial charge is 0.497 e. The molecule has 1 aromatic carbocycles. The summed E-state index contributed by atoms with van der Waals surface area (Å²) in [5, 5.41) is 9.01. The van der Waals surface area contributed by atoms with Crippen LogP contribution in [-0.4, -0.2) is 18.2 Å². The van der Waals surface area contributed by atoms with Crippen LogP contribution >= 0.6 is 0 Å². The number of rotatable bonds is 3. The summed E-state index contributed by atoms with van der Waals surface area (Å²) in [5.41, 5.74) is 1.32. The van der Waals surface area contributed by atoms with E-state index in [1.165, 1.54) is 7.11 Å². The molecule has 1 aliphatic rings. The fraction of sp³-hybridized carbons (Fsp3) is 0.364. The molecule has 0 amide bonds. The van der Waals surface area contributed by atoms with Gasteiger partial charge < -0.3 is 9.84 Å². The quantitative estimate of drug-likeness (QED) is 0.799. The van der Waals surface area contributed by atoms with Crippen LogP contribution < -0.4 is 4.74 Å². The molecule has 1 N–H and O–H groups in total. The first-order chi connectivity index (χ1) is 6.72. The van der Waals surface area contributed by atoms with Crippen LogP contribution in [0.1, 0.15) is 34.7 Å². The monoisotopic (exact) mass is 192 g/mol. The zero-order chi connectivity index (χ0) is 10.1. The van der Waals surface area contributed by atoms with Gasteiger partial charge in [0.2, 0.25) is 0 Å². The standard InChI is InChI=1S/C11H12O3/c1-14-8-4-5-9(7-2-3-7)10(6-8)11(12)13/h4-7H,2-3H2,1H3,(H,12,13). The summed E-state index contributed by atoms with van der Waals surface area (Å²) < 4.78 is 5.00. The molecule has 0 unspecified atom stereocenters. The summed E-state index contributed by atoms with van der Waals surface area (Å²) in [6.07, 6.45) is 2.21. The number of aromatic carboxylic acids is 1. The van der Waals surface area contributed by atoms with E-state index in [0.29, 0.717) is 17.2 Å². The van der Waals surface area contributed by atoms with E-state index < -0.39 is 5.97 Å². The van der Waals surface area contributed by atoms with Gasteiger partial charge in [0.25, 0.3) is 0 Å². The van der Waals surface area contributed by atoms with Crippen LogP contribution in [0.15, 0.2) is 18.2 Å². The number of hydrogen-bond acceptors (Lipinski definition) is 2. The summed E-state index contributed by atoms with van der Waals surface area (Å²) in [4.78, 5) is 11.0. The van der Waals surface area contributed by atoms with Gasteiger partial charge in [-0.15, -0.1) is 0 Å². The van der Waals surface area contributed by atoms with Gasteiger partial charge in [0, 0.05) is 0 Å². The molecule has 0 atom stereocenters. The van der Waals surface area contributed by atoms with E-state index in [4.69, 9.17) is 9.84 Å². The molecule has 0 heterocycles. The first kappa shape index (κ1) is 9.06. The Hall–Kier alpha value is -1.51. The van der Waals surface area contributed by atoms with Crippen molar-refractivity contribution >= 4 is 5.97 Å². The van der Waals surface area contributed by atoms with E-state index in [2.05, 4.69) is 0 Å². The Kier molecular flexibility index (Phi) is 2.15. The molecule has 0 spiro atoms. The van der Waals surface area contributed by atoms with E-state index in [0.717, 1.165) is 18.4 Å². The van der Waals surface area contributed by atoms with Gasteiger partial charge in [0.05, 0.1) is 12.7 Å². The van der Waals surface area contributed by atoms with Gasteiger partial charge >= 0.3 is 5.97 Å². The van der Waals surface area contributed by atoms with Crippen LogP contribution in [0.2, 0.25) is 0 Å². The molecule has 1 fully saturated rings. The molecule has 1 aliphatic carbocycles. The van der Waals surface area contributed by atoms with Crippen molar-refractivity contribution in [2.75, 3.05) is 7.11 Å². The van der Waals surface area contributed by atoms with Gasteiger partial charge in [-0.3, -0.25) is 0 Å². The highest BCUT2D eigenvalue weighted by molar-refractivity contribution is 5.90. The average molecular weight is 192 g/mol. The molecule has 2 rings (SSSR count). The number of benzene rings is 1. The van der Waals surface area contributed by atoms with Crippen LogP contribution in [0, 0.1) is 0 Å². The Morgan fingerprint density at radius 2 is 2.21 bits per heavy atom. The van der Waals surface area contributed by atoms with Crippen molar-refractivity contribution in [1.29, 1.82) is 0 Å². The van der Waals surface area contributed by atoms with Gasteiger partial charge in [-0.2, -0.15) is 0 Å². The minimum Gasteiger partial charge on any atom is -0.497 e. The zero-order valence-corrected chi connectivity index (χ0v) is 7.99. The topological polar surface area (TPSA) is 46.5 Å². The number of ether oxygens (including phenoxy) is 1. The highest BCUT2D eigenvalue weighted by atomic mass is 16.5. The van der Waals surface area contributed by atoms with Gasteiger partial charge in [-0.25, -0.2) is 4.79 Å². The molecule has 0 bridgehead atoms. The highest BCUT2D eigenvalue weighted by Gasteiger charge is 2.28. The van der Waals surface area contributed by atoms with E-state index in [1.807, 2.05) is 12.1 Å². The Balaban J connectivity index is 2.43. The summed E-state index contributed by atoms with van der Waals surface area (Å²) in [5.74, 6) is 0.185. The van der Waals surface area contributed by atoms with Crippen molar-refractivity contribution in [3.63, 3.8) is 0 Å². The predicted molar refractivity (Wildman–Crippen MR) is 51.9 cm³/mol.